The van der Waals surface area contributed by atoms with Gasteiger partial charge in [0.05, 0.1) is 11.8 Å². The average Bonchev–Trinajstić information content (AvgIpc) is 3.25. The van der Waals surface area contributed by atoms with Gasteiger partial charge in [-0.2, -0.15) is 0 Å². The first-order chi connectivity index (χ1) is 11.1. The monoisotopic (exact) mass is 315 g/mol. The molecule has 2 N–H and O–H groups in total. The maximum atomic E-state index is 12.5. The fraction of sp³-hybridized carbons (Fsp3) is 0.412. The highest BCUT2D eigenvalue weighted by molar-refractivity contribution is 5.86. The number of fused-ring (bicyclic) bond motifs is 3. The molecular weight excluding hydrogens is 298 g/mol. The van der Waals surface area contributed by atoms with E-state index in [2.05, 4.69) is 5.32 Å². The molecule has 2 aliphatic carbocycles. The van der Waals surface area contributed by atoms with E-state index in [0.29, 0.717) is 18.0 Å². The van der Waals surface area contributed by atoms with Gasteiger partial charge in [-0.05, 0) is 36.0 Å². The lowest BCUT2D eigenvalue weighted by Crippen LogP contribution is -2.39. The summed E-state index contributed by atoms with van der Waals surface area (Å²) in [5.74, 6) is -0.765. The number of carboxylic acids is 1. The second-order valence-corrected chi connectivity index (χ2v) is 6.24. The first kappa shape index (κ1) is 14.1. The number of benzene rings is 1. The number of carboxylic acid groups (broad SMARTS) is 1. The molecule has 1 fully saturated rings. The van der Waals surface area contributed by atoms with Gasteiger partial charge in [-0.1, -0.05) is 18.2 Å². The molecule has 1 aliphatic heterocycles. The van der Waals surface area contributed by atoms with Crippen LogP contribution in [-0.4, -0.2) is 23.8 Å². The van der Waals surface area contributed by atoms with E-state index in [4.69, 9.17) is 9.47 Å². The minimum atomic E-state index is -0.884. The Morgan fingerprint density at radius 3 is 2.65 bits per heavy atom. The minimum absolute atomic E-state index is 0.0150. The maximum absolute atomic E-state index is 12.5. The van der Waals surface area contributed by atoms with Crippen molar-refractivity contribution >= 4 is 11.9 Å². The van der Waals surface area contributed by atoms with Gasteiger partial charge in [-0.3, -0.25) is 9.59 Å². The zero-order valence-corrected chi connectivity index (χ0v) is 12.4. The van der Waals surface area contributed by atoms with Gasteiger partial charge in [-0.25, -0.2) is 0 Å². The molecule has 1 aromatic carbocycles. The van der Waals surface area contributed by atoms with Gasteiger partial charge in [0.25, 0.3) is 0 Å². The number of hydrogen-bond acceptors (Lipinski definition) is 4. The van der Waals surface area contributed by atoms with Gasteiger partial charge >= 0.3 is 5.97 Å². The summed E-state index contributed by atoms with van der Waals surface area (Å²) in [5.41, 5.74) is 0.896. The number of carbonyl (C=O) groups excluding carboxylic acids is 1. The van der Waals surface area contributed by atoms with Gasteiger partial charge in [0.1, 0.15) is 0 Å². The Hall–Kier alpha value is -2.50. The third-order valence-corrected chi connectivity index (χ3v) is 4.95. The van der Waals surface area contributed by atoms with Crippen LogP contribution >= 0.6 is 0 Å². The summed E-state index contributed by atoms with van der Waals surface area (Å²) in [6.07, 6.45) is 4.68. The Labute approximate surface area is 133 Å². The van der Waals surface area contributed by atoms with Gasteiger partial charge < -0.3 is 19.9 Å². The van der Waals surface area contributed by atoms with Crippen LogP contribution in [0.3, 0.4) is 0 Å². The molecule has 0 aromatic heterocycles. The molecule has 3 aliphatic rings. The number of rotatable bonds is 4. The summed E-state index contributed by atoms with van der Waals surface area (Å²) in [4.78, 5) is 24.0. The molecule has 1 amide bonds. The normalized spacial score (nSPS) is 29.7. The quantitative estimate of drug-likeness (QED) is 0.824. The summed E-state index contributed by atoms with van der Waals surface area (Å²) < 4.78 is 10.6. The molecule has 4 rings (SSSR count). The Morgan fingerprint density at radius 2 is 1.87 bits per heavy atom. The fourth-order valence-electron chi connectivity index (χ4n) is 3.87. The summed E-state index contributed by atoms with van der Waals surface area (Å²) >= 11 is 0. The average molecular weight is 315 g/mol. The number of ether oxygens (including phenoxy) is 2. The van der Waals surface area contributed by atoms with E-state index in [1.165, 1.54) is 0 Å². The van der Waals surface area contributed by atoms with Crippen LogP contribution in [0.1, 0.15) is 12.0 Å². The number of amides is 1. The molecule has 1 heterocycles. The van der Waals surface area contributed by atoms with Crippen molar-refractivity contribution in [2.75, 3.05) is 6.79 Å². The molecule has 2 bridgehead atoms. The zero-order valence-electron chi connectivity index (χ0n) is 12.4. The molecule has 0 radical (unpaired) electrons. The topological polar surface area (TPSA) is 84.9 Å². The van der Waals surface area contributed by atoms with E-state index in [1.54, 1.807) is 0 Å². The van der Waals surface area contributed by atoms with Crippen molar-refractivity contribution in [1.29, 1.82) is 0 Å². The zero-order chi connectivity index (χ0) is 16.0. The standard InChI is InChI=1S/C17H17NO5/c19-16(14-10-2-3-11(6-10)15(14)17(20)21)18-7-9-1-4-12-13(5-9)23-8-22-12/h1-5,10-11,14-15H,6-8H2,(H,18,19)(H,20,21)/t10-,11+,14+,15-/m0/s1. The molecule has 0 spiro atoms. The predicted octanol–water partition coefficient (Wildman–Crippen LogP) is 1.55. The van der Waals surface area contributed by atoms with Crippen molar-refractivity contribution in [1.82, 2.24) is 5.32 Å². The first-order valence-electron chi connectivity index (χ1n) is 7.71. The van der Waals surface area contributed by atoms with Crippen LogP contribution in [-0.2, 0) is 16.1 Å². The molecular formula is C17H17NO5. The van der Waals surface area contributed by atoms with Crippen LogP contribution < -0.4 is 14.8 Å². The second kappa shape index (κ2) is 5.30. The van der Waals surface area contributed by atoms with Gasteiger partial charge in [0, 0.05) is 6.54 Å². The molecule has 6 nitrogen and oxygen atoms in total. The van der Waals surface area contributed by atoms with Gasteiger partial charge in [0.15, 0.2) is 11.5 Å². The van der Waals surface area contributed by atoms with Crippen molar-refractivity contribution in [2.24, 2.45) is 23.7 Å². The van der Waals surface area contributed by atoms with Crippen molar-refractivity contribution in [2.45, 2.75) is 13.0 Å². The van der Waals surface area contributed by atoms with E-state index in [9.17, 15) is 14.7 Å². The highest BCUT2D eigenvalue weighted by Gasteiger charge is 2.51. The van der Waals surface area contributed by atoms with Crippen molar-refractivity contribution in [3.8, 4) is 11.5 Å². The van der Waals surface area contributed by atoms with Crippen LogP contribution in [0.2, 0.25) is 0 Å². The van der Waals surface area contributed by atoms with Crippen LogP contribution in [0.4, 0.5) is 0 Å². The Morgan fingerprint density at radius 1 is 1.13 bits per heavy atom. The lowest BCUT2D eigenvalue weighted by atomic mass is 9.82. The van der Waals surface area contributed by atoms with E-state index in [1.807, 2.05) is 30.4 Å². The highest BCUT2D eigenvalue weighted by atomic mass is 16.7. The number of aliphatic carboxylic acids is 1. The third-order valence-electron chi connectivity index (χ3n) is 4.95. The molecule has 0 unspecified atom stereocenters. The second-order valence-electron chi connectivity index (χ2n) is 6.24. The molecule has 4 atom stereocenters. The first-order valence-corrected chi connectivity index (χ1v) is 7.71. The molecule has 6 heteroatoms. The summed E-state index contributed by atoms with van der Waals surface area (Å²) in [5, 5.41) is 12.3. The third kappa shape index (κ3) is 2.34. The minimum Gasteiger partial charge on any atom is -0.481 e. The van der Waals surface area contributed by atoms with Crippen LogP contribution in [0.25, 0.3) is 0 Å². The van der Waals surface area contributed by atoms with Crippen molar-refractivity contribution in [3.05, 3.63) is 35.9 Å². The number of nitrogens with one attached hydrogen (secondary N) is 1. The Balaban J connectivity index is 1.44. The number of allylic oxidation sites excluding steroid dienone is 2. The van der Waals surface area contributed by atoms with Crippen LogP contribution in [0.15, 0.2) is 30.4 Å². The van der Waals surface area contributed by atoms with E-state index < -0.39 is 17.8 Å². The molecule has 1 aromatic rings. The molecule has 23 heavy (non-hydrogen) atoms. The highest BCUT2D eigenvalue weighted by Crippen LogP contribution is 2.48. The van der Waals surface area contributed by atoms with Gasteiger partial charge in [0.2, 0.25) is 12.7 Å². The Kier molecular flexibility index (Phi) is 3.25. The summed E-state index contributed by atoms with van der Waals surface area (Å²) in [6, 6.07) is 5.51. The lowest BCUT2D eigenvalue weighted by molar-refractivity contribution is -0.147. The summed E-state index contributed by atoms with van der Waals surface area (Å²) in [7, 11) is 0. The largest absolute Gasteiger partial charge is 0.481 e. The van der Waals surface area contributed by atoms with Crippen LogP contribution in [0.5, 0.6) is 11.5 Å². The van der Waals surface area contributed by atoms with Crippen molar-refractivity contribution in [3.63, 3.8) is 0 Å². The summed E-state index contributed by atoms with van der Waals surface area (Å²) in [6.45, 7) is 0.558. The van der Waals surface area contributed by atoms with E-state index >= 15 is 0 Å². The molecule has 1 saturated carbocycles. The predicted molar refractivity (Wildman–Crippen MR) is 79.8 cm³/mol. The molecule has 0 saturated heterocycles. The van der Waals surface area contributed by atoms with Crippen molar-refractivity contribution < 1.29 is 24.2 Å². The maximum Gasteiger partial charge on any atom is 0.307 e. The van der Waals surface area contributed by atoms with E-state index in [0.717, 1.165) is 12.0 Å². The van der Waals surface area contributed by atoms with Gasteiger partial charge in [-0.15, -0.1) is 0 Å². The fourth-order valence-corrected chi connectivity index (χ4v) is 3.87. The number of carbonyl (C=O) groups is 2. The Bertz CT molecular complexity index is 698. The smallest absolute Gasteiger partial charge is 0.307 e. The SMILES string of the molecule is O=C(O)[C@@H]1[C@H](C(=O)NCc2ccc3c(c2)OCO3)[C@H]2C=C[C@@H]1C2. The lowest BCUT2D eigenvalue weighted by Gasteiger charge is -2.23. The molecule has 120 valence electrons. The van der Waals surface area contributed by atoms with E-state index in [-0.39, 0.29) is 24.5 Å². The van der Waals surface area contributed by atoms with Crippen LogP contribution in [0, 0.1) is 23.7 Å². The number of hydrogen-bond donors (Lipinski definition) is 2.